The van der Waals surface area contributed by atoms with Gasteiger partial charge in [0.05, 0.1) is 24.3 Å². The largest absolute Gasteiger partial charge is 0.496 e. The fourth-order valence-electron chi connectivity index (χ4n) is 2.85. The van der Waals surface area contributed by atoms with Crippen LogP contribution in [0.25, 0.3) is 5.69 Å². The second kappa shape index (κ2) is 7.82. The quantitative estimate of drug-likeness (QED) is 0.511. The summed E-state index contributed by atoms with van der Waals surface area (Å²) in [5.74, 6) is 0.265. The first-order chi connectivity index (χ1) is 13.4. The van der Waals surface area contributed by atoms with E-state index in [0.717, 1.165) is 11.1 Å². The van der Waals surface area contributed by atoms with Crippen LogP contribution in [-0.4, -0.2) is 37.7 Å². The van der Waals surface area contributed by atoms with Gasteiger partial charge in [0.1, 0.15) is 24.1 Å². The number of ether oxygens (including phenoxy) is 1. The van der Waals surface area contributed by atoms with Crippen LogP contribution < -0.4 is 10.1 Å². The molecule has 0 aliphatic carbocycles. The highest BCUT2D eigenvalue weighted by molar-refractivity contribution is 5.95. The van der Waals surface area contributed by atoms with Crippen molar-refractivity contribution < 1.29 is 14.5 Å². The van der Waals surface area contributed by atoms with Crippen molar-refractivity contribution in [2.24, 2.45) is 0 Å². The Morgan fingerprint density at radius 1 is 1.36 bits per heavy atom. The summed E-state index contributed by atoms with van der Waals surface area (Å²) < 4.78 is 6.63. The minimum absolute atomic E-state index is 0.160. The molecule has 0 atom stereocenters. The van der Waals surface area contributed by atoms with E-state index in [1.54, 1.807) is 13.3 Å². The van der Waals surface area contributed by atoms with E-state index in [-0.39, 0.29) is 23.5 Å². The van der Waals surface area contributed by atoms with Crippen LogP contribution in [0.3, 0.4) is 0 Å². The molecule has 3 aromatic rings. The number of aryl methyl sites for hydroxylation is 1. The monoisotopic (exact) mass is 382 g/mol. The molecule has 0 unspecified atom stereocenters. The van der Waals surface area contributed by atoms with E-state index in [2.05, 4.69) is 20.4 Å². The first-order valence-corrected chi connectivity index (χ1v) is 8.33. The Hall–Kier alpha value is -3.82. The van der Waals surface area contributed by atoms with Crippen LogP contribution in [0.1, 0.15) is 27.2 Å². The summed E-state index contributed by atoms with van der Waals surface area (Å²) in [7, 11) is 1.58. The number of rotatable bonds is 6. The molecule has 2 heterocycles. The number of methoxy groups -OCH3 is 1. The molecule has 10 heteroatoms. The molecule has 0 spiro atoms. The summed E-state index contributed by atoms with van der Waals surface area (Å²) in [5, 5.41) is 18.0. The molecule has 1 amide bonds. The van der Waals surface area contributed by atoms with Crippen LogP contribution in [0.4, 0.5) is 5.69 Å². The highest BCUT2D eigenvalue weighted by atomic mass is 16.6. The number of nitro benzene ring substituents is 1. The third-order valence-electron chi connectivity index (χ3n) is 4.27. The summed E-state index contributed by atoms with van der Waals surface area (Å²) in [6, 6.07) is 4.16. The number of nitro groups is 1. The van der Waals surface area contributed by atoms with Crippen molar-refractivity contribution >= 4 is 11.6 Å². The maximum atomic E-state index is 12.5. The smallest absolute Gasteiger partial charge is 0.295 e. The zero-order valence-electron chi connectivity index (χ0n) is 15.5. The second-order valence-corrected chi connectivity index (χ2v) is 6.03. The number of nitrogens with zero attached hydrogens (tertiary/aromatic N) is 5. The van der Waals surface area contributed by atoms with E-state index < -0.39 is 10.8 Å². The van der Waals surface area contributed by atoms with Gasteiger partial charge in [0.2, 0.25) is 0 Å². The molecule has 2 aromatic heterocycles. The van der Waals surface area contributed by atoms with E-state index in [4.69, 9.17) is 4.74 Å². The number of nitrogens with one attached hydrogen (secondary N) is 1. The van der Waals surface area contributed by atoms with Gasteiger partial charge in [0.15, 0.2) is 0 Å². The lowest BCUT2D eigenvalue weighted by atomic mass is 10.1. The third kappa shape index (κ3) is 3.65. The van der Waals surface area contributed by atoms with E-state index >= 15 is 0 Å². The molecular formula is C18H18N6O4. The van der Waals surface area contributed by atoms with Gasteiger partial charge < -0.3 is 10.1 Å². The summed E-state index contributed by atoms with van der Waals surface area (Å²) in [4.78, 5) is 31.4. The zero-order chi connectivity index (χ0) is 20.3. The fourth-order valence-corrected chi connectivity index (χ4v) is 2.85. The fraction of sp³-hybridized carbons (Fsp3) is 0.222. The van der Waals surface area contributed by atoms with Crippen molar-refractivity contribution in [1.29, 1.82) is 0 Å². The normalized spacial score (nSPS) is 10.5. The van der Waals surface area contributed by atoms with Gasteiger partial charge in [-0.3, -0.25) is 19.9 Å². The molecule has 0 saturated heterocycles. The lowest BCUT2D eigenvalue weighted by molar-refractivity contribution is -0.384. The lowest BCUT2D eigenvalue weighted by Crippen LogP contribution is -2.24. The molecule has 0 radical (unpaired) electrons. The van der Waals surface area contributed by atoms with Gasteiger partial charge in [-0.05, 0) is 26.0 Å². The molecule has 10 nitrogen and oxygen atoms in total. The molecule has 144 valence electrons. The van der Waals surface area contributed by atoms with Crippen molar-refractivity contribution in [3.8, 4) is 11.4 Å². The van der Waals surface area contributed by atoms with Gasteiger partial charge in [-0.1, -0.05) is 0 Å². The Morgan fingerprint density at radius 3 is 2.79 bits per heavy atom. The Balaban J connectivity index is 1.82. The average molecular weight is 382 g/mol. The SMILES string of the molecule is COc1c(C)cnc(CNC(=O)c2ccc(-n3cncn3)c([N+](=O)[O-])c2)c1C. The number of hydrogen-bond donors (Lipinski definition) is 1. The molecule has 3 rings (SSSR count). The number of aromatic nitrogens is 4. The number of carbonyl (C=O) groups excluding carboxylic acids is 1. The zero-order valence-corrected chi connectivity index (χ0v) is 15.5. The van der Waals surface area contributed by atoms with Crippen molar-refractivity contribution in [1.82, 2.24) is 25.1 Å². The molecule has 1 aromatic carbocycles. The Morgan fingerprint density at radius 2 is 2.14 bits per heavy atom. The molecule has 0 saturated carbocycles. The highest BCUT2D eigenvalue weighted by Crippen LogP contribution is 2.25. The van der Waals surface area contributed by atoms with Gasteiger partial charge in [-0.25, -0.2) is 9.67 Å². The molecule has 0 bridgehead atoms. The first kappa shape index (κ1) is 19.0. The summed E-state index contributed by atoms with van der Waals surface area (Å²) >= 11 is 0. The number of amides is 1. The average Bonchev–Trinajstić information content (AvgIpc) is 3.21. The van der Waals surface area contributed by atoms with Gasteiger partial charge in [0.25, 0.3) is 11.6 Å². The predicted molar refractivity (Wildman–Crippen MR) is 99.4 cm³/mol. The van der Waals surface area contributed by atoms with E-state index in [1.165, 1.54) is 35.5 Å². The molecule has 0 fully saturated rings. The van der Waals surface area contributed by atoms with Crippen molar-refractivity contribution in [2.45, 2.75) is 20.4 Å². The van der Waals surface area contributed by atoms with Crippen molar-refractivity contribution in [3.63, 3.8) is 0 Å². The number of hydrogen-bond acceptors (Lipinski definition) is 7. The number of benzene rings is 1. The third-order valence-corrected chi connectivity index (χ3v) is 4.27. The number of pyridine rings is 1. The maximum absolute atomic E-state index is 12.5. The van der Waals surface area contributed by atoms with Gasteiger partial charge >= 0.3 is 0 Å². The molecule has 28 heavy (non-hydrogen) atoms. The Kier molecular flexibility index (Phi) is 5.30. The van der Waals surface area contributed by atoms with Crippen LogP contribution in [0.15, 0.2) is 37.1 Å². The maximum Gasteiger partial charge on any atom is 0.295 e. The summed E-state index contributed by atoms with van der Waals surface area (Å²) in [5.41, 5.74) is 2.52. The van der Waals surface area contributed by atoms with E-state index in [0.29, 0.717) is 11.4 Å². The topological polar surface area (TPSA) is 125 Å². The minimum Gasteiger partial charge on any atom is -0.496 e. The van der Waals surface area contributed by atoms with E-state index in [9.17, 15) is 14.9 Å². The lowest BCUT2D eigenvalue weighted by Gasteiger charge is -2.13. The van der Waals surface area contributed by atoms with Crippen LogP contribution in [0.5, 0.6) is 5.75 Å². The second-order valence-electron chi connectivity index (χ2n) is 6.03. The highest BCUT2D eigenvalue weighted by Gasteiger charge is 2.20. The van der Waals surface area contributed by atoms with Crippen LogP contribution in [0.2, 0.25) is 0 Å². The van der Waals surface area contributed by atoms with Crippen LogP contribution >= 0.6 is 0 Å². The van der Waals surface area contributed by atoms with Crippen molar-refractivity contribution in [3.05, 3.63) is 69.5 Å². The molecule has 1 N–H and O–H groups in total. The van der Waals surface area contributed by atoms with Crippen LogP contribution in [0, 0.1) is 24.0 Å². The minimum atomic E-state index is -0.565. The Bertz CT molecular complexity index is 1030. The van der Waals surface area contributed by atoms with E-state index in [1.807, 2.05) is 13.8 Å². The predicted octanol–water partition coefficient (Wildman–Crippen LogP) is 2.13. The van der Waals surface area contributed by atoms with Gasteiger partial charge in [0, 0.05) is 29.0 Å². The van der Waals surface area contributed by atoms with Crippen molar-refractivity contribution in [2.75, 3.05) is 7.11 Å². The Labute approximate surface area is 160 Å². The van der Waals surface area contributed by atoms with Crippen LogP contribution in [-0.2, 0) is 6.54 Å². The summed E-state index contributed by atoms with van der Waals surface area (Å²) in [6.45, 7) is 3.91. The first-order valence-electron chi connectivity index (χ1n) is 8.33. The molecule has 0 aliphatic heterocycles. The summed E-state index contributed by atoms with van der Waals surface area (Å²) in [6.07, 6.45) is 4.29. The number of carbonyl (C=O) groups is 1. The van der Waals surface area contributed by atoms with Gasteiger partial charge in [-0.2, -0.15) is 5.10 Å². The molecular weight excluding hydrogens is 364 g/mol. The molecule has 0 aliphatic rings. The van der Waals surface area contributed by atoms with Gasteiger partial charge in [-0.15, -0.1) is 0 Å². The standard InChI is InChI=1S/C18H18N6O4/c1-11-7-20-14(12(2)17(11)28-3)8-21-18(25)13-4-5-15(16(6-13)24(26)27)23-10-19-9-22-23/h4-7,9-10H,8H2,1-3H3,(H,21,25).